The Morgan fingerprint density at radius 3 is 2.04 bits per heavy atom. The second kappa shape index (κ2) is 9.53. The van der Waals surface area contributed by atoms with Gasteiger partial charge in [-0.05, 0) is 112 Å². The molecule has 0 radical (unpaired) electrons. The predicted molar refractivity (Wildman–Crippen MR) is 211 cm³/mol. The summed E-state index contributed by atoms with van der Waals surface area (Å²) in [5.74, 6) is 0. The number of allylic oxidation sites excluding steroid dienone is 1. The zero-order valence-electron chi connectivity index (χ0n) is 31.7. The van der Waals surface area contributed by atoms with Crippen molar-refractivity contribution in [2.24, 2.45) is 0 Å². The van der Waals surface area contributed by atoms with Crippen LogP contribution in [0.2, 0.25) is 0 Å². The number of aryl methyl sites for hydroxylation is 1. The molecule has 1 saturated carbocycles. The molecule has 0 aromatic heterocycles. The number of anilines is 4. The summed E-state index contributed by atoms with van der Waals surface area (Å²) < 4.78 is 0. The molecule has 250 valence electrons. The third-order valence-electron chi connectivity index (χ3n) is 13.7. The van der Waals surface area contributed by atoms with Crippen molar-refractivity contribution in [1.29, 1.82) is 0 Å². The van der Waals surface area contributed by atoms with E-state index in [-0.39, 0.29) is 33.9 Å². The number of hydrogen-bond donors (Lipinski definition) is 0. The summed E-state index contributed by atoms with van der Waals surface area (Å²) in [6.07, 6.45) is 5.06. The highest BCUT2D eigenvalue weighted by Crippen LogP contribution is 2.64. The van der Waals surface area contributed by atoms with Crippen LogP contribution in [-0.4, -0.2) is 12.3 Å². The van der Waals surface area contributed by atoms with Gasteiger partial charge in [-0.1, -0.05) is 124 Å². The number of benzene rings is 4. The first-order chi connectivity index (χ1) is 23.0. The molecule has 49 heavy (non-hydrogen) atoms. The van der Waals surface area contributed by atoms with Gasteiger partial charge in [-0.25, -0.2) is 0 Å². The maximum Gasteiger partial charge on any atom is 0.252 e. The van der Waals surface area contributed by atoms with Crippen molar-refractivity contribution in [1.82, 2.24) is 0 Å². The minimum atomic E-state index is -0.163. The minimum Gasteiger partial charge on any atom is -0.335 e. The van der Waals surface area contributed by atoms with E-state index < -0.39 is 0 Å². The van der Waals surface area contributed by atoms with E-state index in [1.165, 1.54) is 98.3 Å². The molecular weight excluding hydrogens is 591 g/mol. The number of fused-ring (bicyclic) bond motifs is 8. The summed E-state index contributed by atoms with van der Waals surface area (Å²) in [7, 11) is 0. The van der Waals surface area contributed by atoms with Gasteiger partial charge >= 0.3 is 0 Å². The van der Waals surface area contributed by atoms with Crippen LogP contribution < -0.4 is 20.7 Å². The SMILES string of the molecule is Cc1cc2c3c(c1)N1c4c(cc(C(C)(C)C)cc4C4(C)CCCCC14C)B3C1=C(N2c2ccc(C(C)(C)C)cc2)C(C)(C)c2ccccc21. The number of nitrogens with zero attached hydrogens (tertiary/aromatic N) is 2. The summed E-state index contributed by atoms with van der Waals surface area (Å²) >= 11 is 0. The maximum absolute atomic E-state index is 2.88. The van der Waals surface area contributed by atoms with Crippen molar-refractivity contribution in [3.63, 3.8) is 0 Å². The Morgan fingerprint density at radius 1 is 0.694 bits per heavy atom. The molecule has 0 amide bonds. The van der Waals surface area contributed by atoms with Crippen molar-refractivity contribution in [3.05, 3.63) is 112 Å². The van der Waals surface area contributed by atoms with Crippen molar-refractivity contribution in [2.45, 2.75) is 129 Å². The Morgan fingerprint density at radius 2 is 1.35 bits per heavy atom. The molecule has 9 rings (SSSR count). The Kier molecular flexibility index (Phi) is 6.09. The Balaban J connectivity index is 1.43. The predicted octanol–water partition coefficient (Wildman–Crippen LogP) is 10.6. The molecule has 2 nitrogen and oxygen atoms in total. The highest BCUT2D eigenvalue weighted by Gasteiger charge is 2.62. The van der Waals surface area contributed by atoms with E-state index >= 15 is 0 Å². The molecule has 0 bridgehead atoms. The van der Waals surface area contributed by atoms with Crippen LogP contribution in [0, 0.1) is 6.92 Å². The van der Waals surface area contributed by atoms with Crippen LogP contribution in [0.3, 0.4) is 0 Å². The molecule has 3 heteroatoms. The maximum atomic E-state index is 2.88. The van der Waals surface area contributed by atoms with Gasteiger partial charge in [0, 0.05) is 39.3 Å². The Hall–Kier alpha value is -3.72. The van der Waals surface area contributed by atoms with E-state index in [0.717, 1.165) is 0 Å². The van der Waals surface area contributed by atoms with Gasteiger partial charge < -0.3 is 9.80 Å². The fourth-order valence-corrected chi connectivity index (χ4v) is 10.8. The summed E-state index contributed by atoms with van der Waals surface area (Å²) in [4.78, 5) is 5.56. The lowest BCUT2D eigenvalue weighted by Gasteiger charge is -2.53. The molecule has 0 saturated heterocycles. The van der Waals surface area contributed by atoms with Crippen LogP contribution in [-0.2, 0) is 21.7 Å². The molecule has 2 atom stereocenters. The molecule has 4 aromatic carbocycles. The molecule has 0 spiro atoms. The fourth-order valence-electron chi connectivity index (χ4n) is 10.8. The third-order valence-corrected chi connectivity index (χ3v) is 13.7. The molecule has 4 aromatic rings. The molecule has 5 aliphatic rings. The van der Waals surface area contributed by atoms with Crippen molar-refractivity contribution in [2.75, 3.05) is 9.80 Å². The third kappa shape index (κ3) is 3.86. The van der Waals surface area contributed by atoms with Crippen LogP contribution in [0.25, 0.3) is 5.47 Å². The molecule has 3 heterocycles. The molecule has 3 aliphatic heterocycles. The Bertz CT molecular complexity index is 2120. The van der Waals surface area contributed by atoms with E-state index in [1.807, 2.05) is 0 Å². The lowest BCUT2D eigenvalue weighted by Crippen LogP contribution is -2.61. The zero-order valence-corrected chi connectivity index (χ0v) is 31.7. The van der Waals surface area contributed by atoms with Crippen molar-refractivity contribution < 1.29 is 0 Å². The second-order valence-electron chi connectivity index (χ2n) is 19.1. The molecule has 0 N–H and O–H groups in total. The van der Waals surface area contributed by atoms with Gasteiger partial charge in [-0.15, -0.1) is 0 Å². The van der Waals surface area contributed by atoms with Gasteiger partial charge in [0.1, 0.15) is 0 Å². The lowest BCUT2D eigenvalue weighted by atomic mass is 9.32. The Labute approximate surface area is 295 Å². The van der Waals surface area contributed by atoms with Gasteiger partial charge in [0.2, 0.25) is 0 Å². The quantitative estimate of drug-likeness (QED) is 0.190. The standard InChI is InChI=1S/C46H53BN2/c1-28-24-36-39-37(25-28)49-40-34(45(10)22-14-15-23-46(45,49)11)26-30(43(5,6)7)27-35(40)47(39)38-32-16-12-13-17-33(32)44(8,9)41(38)48(36)31-20-18-29(19-21-31)42(2,3)4/h12-13,16-21,24-27H,14-15,22-23H2,1-11H3. The van der Waals surface area contributed by atoms with Crippen LogP contribution in [0.1, 0.15) is 128 Å². The van der Waals surface area contributed by atoms with Crippen LogP contribution in [0.15, 0.2) is 78.5 Å². The molecular formula is C46H53BN2. The van der Waals surface area contributed by atoms with E-state index in [2.05, 4.69) is 159 Å². The molecule has 2 aliphatic carbocycles. The fraction of sp³-hybridized carbons (Fsp3) is 0.435. The highest BCUT2D eigenvalue weighted by atomic mass is 15.3. The summed E-state index contributed by atoms with van der Waals surface area (Å²) in [5.41, 5.74) is 20.3. The van der Waals surface area contributed by atoms with Gasteiger partial charge in [0.05, 0.1) is 5.54 Å². The van der Waals surface area contributed by atoms with E-state index in [1.54, 1.807) is 5.56 Å². The topological polar surface area (TPSA) is 6.48 Å². The summed E-state index contributed by atoms with van der Waals surface area (Å²) in [5, 5.41) is 0. The highest BCUT2D eigenvalue weighted by molar-refractivity contribution is 7.03. The second-order valence-corrected chi connectivity index (χ2v) is 19.1. The first kappa shape index (κ1) is 31.3. The first-order valence-electron chi connectivity index (χ1n) is 18.9. The van der Waals surface area contributed by atoms with Gasteiger partial charge in [0.15, 0.2) is 0 Å². The van der Waals surface area contributed by atoms with Crippen LogP contribution >= 0.6 is 0 Å². The van der Waals surface area contributed by atoms with Gasteiger partial charge in [0.25, 0.3) is 6.71 Å². The average molecular weight is 645 g/mol. The van der Waals surface area contributed by atoms with E-state index in [9.17, 15) is 0 Å². The summed E-state index contributed by atoms with van der Waals surface area (Å²) in [6, 6.07) is 29.2. The average Bonchev–Trinajstić information content (AvgIpc) is 3.40. The van der Waals surface area contributed by atoms with Crippen molar-refractivity contribution in [3.8, 4) is 0 Å². The van der Waals surface area contributed by atoms with Crippen LogP contribution in [0.5, 0.6) is 0 Å². The summed E-state index contributed by atoms with van der Waals surface area (Å²) in [6.45, 7) is 26.8. The molecule has 2 unspecified atom stereocenters. The zero-order chi connectivity index (χ0) is 34.6. The normalized spacial score (nSPS) is 24.4. The van der Waals surface area contributed by atoms with Crippen molar-refractivity contribution >= 4 is 45.9 Å². The van der Waals surface area contributed by atoms with Gasteiger partial charge in [-0.2, -0.15) is 0 Å². The largest absolute Gasteiger partial charge is 0.335 e. The first-order valence-corrected chi connectivity index (χ1v) is 18.9. The molecule has 1 fully saturated rings. The van der Waals surface area contributed by atoms with E-state index in [4.69, 9.17) is 0 Å². The monoisotopic (exact) mass is 644 g/mol. The minimum absolute atomic E-state index is 0.0199. The van der Waals surface area contributed by atoms with E-state index in [0.29, 0.717) is 0 Å². The smallest absolute Gasteiger partial charge is 0.252 e. The number of hydrogen-bond acceptors (Lipinski definition) is 2. The lowest BCUT2D eigenvalue weighted by molar-refractivity contribution is 0.195. The van der Waals surface area contributed by atoms with Crippen LogP contribution in [0.4, 0.5) is 22.7 Å². The van der Waals surface area contributed by atoms with Gasteiger partial charge in [-0.3, -0.25) is 0 Å². The number of rotatable bonds is 1.